The molecule has 0 aliphatic carbocycles. The van der Waals surface area contributed by atoms with Gasteiger partial charge in [-0.1, -0.05) is 38.1 Å². The molecule has 0 spiro atoms. The zero-order chi connectivity index (χ0) is 19.2. The van der Waals surface area contributed by atoms with Gasteiger partial charge in [-0.25, -0.2) is 0 Å². The summed E-state index contributed by atoms with van der Waals surface area (Å²) >= 11 is 0. The van der Waals surface area contributed by atoms with Crippen molar-refractivity contribution < 1.29 is 9.53 Å². The highest BCUT2D eigenvalue weighted by atomic mass is 16.5. The molecule has 144 valence electrons. The number of nitrogens with two attached hydrogens (primary N) is 1. The molecule has 5 heteroatoms. The van der Waals surface area contributed by atoms with E-state index in [4.69, 9.17) is 10.5 Å². The van der Waals surface area contributed by atoms with E-state index in [1.54, 1.807) is 6.07 Å². The zero-order valence-electron chi connectivity index (χ0n) is 16.2. The largest absolute Gasteiger partial charge is 0.489 e. The van der Waals surface area contributed by atoms with E-state index in [1.807, 2.05) is 24.3 Å². The van der Waals surface area contributed by atoms with Crippen molar-refractivity contribution in [2.75, 3.05) is 26.2 Å². The van der Waals surface area contributed by atoms with E-state index in [2.05, 4.69) is 36.2 Å². The van der Waals surface area contributed by atoms with E-state index < -0.39 is 5.91 Å². The third-order valence-corrected chi connectivity index (χ3v) is 5.25. The lowest BCUT2D eigenvalue weighted by Crippen LogP contribution is -2.29. The molecule has 1 heterocycles. The van der Waals surface area contributed by atoms with Crippen LogP contribution < -0.4 is 15.8 Å². The van der Waals surface area contributed by atoms with Gasteiger partial charge in [0.2, 0.25) is 5.91 Å². The molecule has 3 rings (SSSR count). The Balaban J connectivity index is 1.86. The van der Waals surface area contributed by atoms with E-state index in [9.17, 15) is 4.79 Å². The highest BCUT2D eigenvalue weighted by Crippen LogP contribution is 2.36. The van der Waals surface area contributed by atoms with Crippen molar-refractivity contribution in [3.63, 3.8) is 0 Å². The van der Waals surface area contributed by atoms with Crippen molar-refractivity contribution in [1.82, 2.24) is 10.2 Å². The number of benzene rings is 2. The van der Waals surface area contributed by atoms with E-state index >= 15 is 0 Å². The summed E-state index contributed by atoms with van der Waals surface area (Å²) in [6.07, 6.45) is 1.06. The number of hydrogen-bond donors (Lipinski definition) is 2. The van der Waals surface area contributed by atoms with Gasteiger partial charge in [-0.3, -0.25) is 4.79 Å². The SMILES string of the molecule is CCN(CC)CCCNC1c2ccccc2COc2ccc(C(N)=O)cc21. The number of amides is 1. The van der Waals surface area contributed by atoms with Crippen LogP contribution in [0.2, 0.25) is 0 Å². The monoisotopic (exact) mass is 367 g/mol. The zero-order valence-corrected chi connectivity index (χ0v) is 16.2. The molecule has 0 saturated heterocycles. The van der Waals surface area contributed by atoms with Crippen molar-refractivity contribution >= 4 is 5.91 Å². The smallest absolute Gasteiger partial charge is 0.248 e. The summed E-state index contributed by atoms with van der Waals surface area (Å²) in [7, 11) is 0. The molecule has 0 saturated carbocycles. The molecule has 3 N–H and O–H groups in total. The first-order valence-electron chi connectivity index (χ1n) is 9.74. The quantitative estimate of drug-likeness (QED) is 0.704. The molecule has 0 bridgehead atoms. The molecule has 27 heavy (non-hydrogen) atoms. The number of carbonyl (C=O) groups excluding carboxylic acids is 1. The Bertz CT molecular complexity index is 787. The second kappa shape index (κ2) is 9.02. The summed E-state index contributed by atoms with van der Waals surface area (Å²) in [5.41, 5.74) is 9.34. The highest BCUT2D eigenvalue weighted by Gasteiger charge is 2.25. The Morgan fingerprint density at radius 1 is 1.19 bits per heavy atom. The van der Waals surface area contributed by atoms with E-state index in [1.165, 1.54) is 5.56 Å². The fourth-order valence-electron chi connectivity index (χ4n) is 3.64. The van der Waals surface area contributed by atoms with Crippen LogP contribution in [0.15, 0.2) is 42.5 Å². The van der Waals surface area contributed by atoms with Gasteiger partial charge in [-0.15, -0.1) is 0 Å². The minimum atomic E-state index is -0.421. The number of nitrogens with zero attached hydrogens (tertiary/aromatic N) is 1. The maximum Gasteiger partial charge on any atom is 0.248 e. The minimum absolute atomic E-state index is 0.0188. The number of rotatable bonds is 8. The van der Waals surface area contributed by atoms with Crippen LogP contribution in [-0.4, -0.2) is 37.0 Å². The molecule has 2 aromatic carbocycles. The minimum Gasteiger partial charge on any atom is -0.489 e. The van der Waals surface area contributed by atoms with Crippen molar-refractivity contribution in [1.29, 1.82) is 0 Å². The highest BCUT2D eigenvalue weighted by molar-refractivity contribution is 5.93. The van der Waals surface area contributed by atoms with Crippen LogP contribution in [0.1, 0.15) is 53.4 Å². The third-order valence-electron chi connectivity index (χ3n) is 5.25. The Kier molecular flexibility index (Phi) is 6.48. The van der Waals surface area contributed by atoms with Crippen LogP contribution in [0.5, 0.6) is 5.75 Å². The summed E-state index contributed by atoms with van der Waals surface area (Å²) in [6, 6.07) is 13.7. The maximum absolute atomic E-state index is 11.7. The van der Waals surface area contributed by atoms with Gasteiger partial charge in [0, 0.05) is 11.1 Å². The number of nitrogens with one attached hydrogen (secondary N) is 1. The Hall–Kier alpha value is -2.37. The maximum atomic E-state index is 11.7. The van der Waals surface area contributed by atoms with Crippen molar-refractivity contribution in [3.8, 4) is 5.75 Å². The standard InChI is InChI=1S/C22H29N3O2/c1-3-25(4-2)13-7-12-24-21-18-9-6-5-8-17(18)15-27-20-11-10-16(22(23)26)14-19(20)21/h5-6,8-11,14,21,24H,3-4,7,12-13,15H2,1-2H3,(H2,23,26). The van der Waals surface area contributed by atoms with E-state index in [-0.39, 0.29) is 6.04 Å². The number of primary amides is 1. The molecule has 0 radical (unpaired) electrons. The molecule has 1 unspecified atom stereocenters. The van der Waals surface area contributed by atoms with Gasteiger partial charge in [0.05, 0.1) is 6.04 Å². The van der Waals surface area contributed by atoms with Crippen molar-refractivity contribution in [3.05, 3.63) is 64.7 Å². The number of hydrogen-bond acceptors (Lipinski definition) is 4. The van der Waals surface area contributed by atoms with Gasteiger partial charge >= 0.3 is 0 Å². The van der Waals surface area contributed by atoms with Crippen LogP contribution in [0, 0.1) is 0 Å². The number of carbonyl (C=O) groups is 1. The molecule has 1 aliphatic heterocycles. The number of fused-ring (bicyclic) bond motifs is 2. The van der Waals surface area contributed by atoms with Gasteiger partial charge in [0.25, 0.3) is 0 Å². The summed E-state index contributed by atoms with van der Waals surface area (Å²) in [5.74, 6) is 0.382. The van der Waals surface area contributed by atoms with Crippen LogP contribution in [0.4, 0.5) is 0 Å². The fourth-order valence-corrected chi connectivity index (χ4v) is 3.64. The average molecular weight is 367 g/mol. The number of ether oxygens (including phenoxy) is 1. The summed E-state index contributed by atoms with van der Waals surface area (Å²) in [6.45, 7) is 9.00. The Labute approximate surface area is 161 Å². The van der Waals surface area contributed by atoms with Crippen LogP contribution in [0.3, 0.4) is 0 Å². The van der Waals surface area contributed by atoms with Gasteiger partial charge in [0.1, 0.15) is 12.4 Å². The van der Waals surface area contributed by atoms with Gasteiger partial charge < -0.3 is 20.7 Å². The lowest BCUT2D eigenvalue weighted by atomic mass is 9.93. The second-order valence-electron chi connectivity index (χ2n) is 6.87. The molecule has 0 fully saturated rings. The average Bonchev–Trinajstić information content (AvgIpc) is 2.84. The van der Waals surface area contributed by atoms with Gasteiger partial charge in [-0.05, 0) is 61.9 Å². The van der Waals surface area contributed by atoms with Crippen LogP contribution in [-0.2, 0) is 6.61 Å². The lowest BCUT2D eigenvalue weighted by Gasteiger charge is -2.23. The molecule has 0 aromatic heterocycles. The molecule has 2 aromatic rings. The first-order chi connectivity index (χ1) is 13.1. The summed E-state index contributed by atoms with van der Waals surface area (Å²) in [4.78, 5) is 14.1. The molecule has 1 atom stereocenters. The Morgan fingerprint density at radius 3 is 2.70 bits per heavy atom. The summed E-state index contributed by atoms with van der Waals surface area (Å²) in [5, 5.41) is 3.68. The Morgan fingerprint density at radius 2 is 1.96 bits per heavy atom. The van der Waals surface area contributed by atoms with E-state index in [0.29, 0.717) is 12.2 Å². The molecule has 5 nitrogen and oxygen atoms in total. The fraction of sp³-hybridized carbons (Fsp3) is 0.409. The molecule has 1 amide bonds. The first kappa shape index (κ1) is 19.4. The van der Waals surface area contributed by atoms with Gasteiger partial charge in [-0.2, -0.15) is 0 Å². The predicted molar refractivity (Wildman–Crippen MR) is 108 cm³/mol. The normalized spacial score (nSPS) is 15.6. The topological polar surface area (TPSA) is 67.6 Å². The predicted octanol–water partition coefficient (Wildman–Crippen LogP) is 3.09. The first-order valence-corrected chi connectivity index (χ1v) is 9.74. The van der Waals surface area contributed by atoms with Crippen LogP contribution >= 0.6 is 0 Å². The van der Waals surface area contributed by atoms with E-state index in [0.717, 1.165) is 49.5 Å². The van der Waals surface area contributed by atoms with Crippen molar-refractivity contribution in [2.45, 2.75) is 32.9 Å². The molecular formula is C22H29N3O2. The van der Waals surface area contributed by atoms with Gasteiger partial charge in [0.15, 0.2) is 0 Å². The van der Waals surface area contributed by atoms with Crippen molar-refractivity contribution in [2.24, 2.45) is 5.73 Å². The third kappa shape index (κ3) is 4.49. The second-order valence-corrected chi connectivity index (χ2v) is 6.87. The summed E-state index contributed by atoms with van der Waals surface area (Å²) < 4.78 is 6.02. The lowest BCUT2D eigenvalue weighted by molar-refractivity contribution is 0.1000. The van der Waals surface area contributed by atoms with Crippen LogP contribution in [0.25, 0.3) is 0 Å². The molecular weight excluding hydrogens is 338 g/mol. The molecule has 1 aliphatic rings.